The molecule has 0 fully saturated rings. The molecule has 11 heteroatoms. The Morgan fingerprint density at radius 3 is 2.38 bits per heavy atom. The van der Waals surface area contributed by atoms with Crippen molar-refractivity contribution in [3.63, 3.8) is 0 Å². The maximum absolute atomic E-state index is 13.4. The molecule has 4 rings (SSSR count). The normalized spacial score (nSPS) is 11.6. The van der Waals surface area contributed by atoms with Gasteiger partial charge in [-0.05, 0) is 18.2 Å². The van der Waals surface area contributed by atoms with Gasteiger partial charge in [0, 0.05) is 34.7 Å². The highest BCUT2D eigenvalue weighted by Crippen LogP contribution is 2.31. The van der Waals surface area contributed by atoms with Crippen LogP contribution in [0.1, 0.15) is 5.69 Å². The first-order valence-electron chi connectivity index (χ1n) is 8.14. The minimum absolute atomic E-state index is 0.0795. The molecule has 0 unspecified atom stereocenters. The van der Waals surface area contributed by atoms with Crippen LogP contribution in [0.3, 0.4) is 0 Å². The van der Waals surface area contributed by atoms with Crippen molar-refractivity contribution in [1.82, 2.24) is 29.5 Å². The summed E-state index contributed by atoms with van der Waals surface area (Å²) in [4.78, 5) is 19.8. The van der Waals surface area contributed by atoms with Crippen molar-refractivity contribution in [3.8, 4) is 28.5 Å². The fraction of sp³-hybridized carbons (Fsp3) is 0.0556. The molecule has 0 aliphatic rings. The molecule has 0 aliphatic carbocycles. The molecule has 0 atom stereocenters. The molecule has 3 heterocycles. The molecule has 29 heavy (non-hydrogen) atoms. The van der Waals surface area contributed by atoms with Crippen molar-refractivity contribution in [2.75, 3.05) is 5.73 Å². The highest BCUT2D eigenvalue weighted by molar-refractivity contribution is 6.30. The van der Waals surface area contributed by atoms with Crippen molar-refractivity contribution in [2.45, 2.75) is 6.18 Å². The molecule has 4 aromatic rings. The van der Waals surface area contributed by atoms with E-state index in [0.717, 1.165) is 6.07 Å². The second-order valence-corrected chi connectivity index (χ2v) is 6.38. The Labute approximate surface area is 167 Å². The summed E-state index contributed by atoms with van der Waals surface area (Å²) in [7, 11) is 0. The van der Waals surface area contributed by atoms with E-state index in [2.05, 4.69) is 24.9 Å². The summed E-state index contributed by atoms with van der Waals surface area (Å²) in [6, 6.07) is 7.26. The lowest BCUT2D eigenvalue weighted by Crippen LogP contribution is -2.12. The number of alkyl halides is 3. The van der Waals surface area contributed by atoms with E-state index in [1.54, 1.807) is 18.2 Å². The maximum Gasteiger partial charge on any atom is 0.433 e. The van der Waals surface area contributed by atoms with Crippen LogP contribution in [0.5, 0.6) is 0 Å². The van der Waals surface area contributed by atoms with Gasteiger partial charge in [-0.2, -0.15) is 13.2 Å². The number of hydrogen-bond acceptors (Lipinski definition) is 6. The van der Waals surface area contributed by atoms with Crippen LogP contribution in [-0.2, 0) is 6.18 Å². The summed E-state index contributed by atoms with van der Waals surface area (Å²) in [5.41, 5.74) is 5.85. The zero-order chi connectivity index (χ0) is 20.6. The summed E-state index contributed by atoms with van der Waals surface area (Å²) in [6.45, 7) is 0. The summed E-state index contributed by atoms with van der Waals surface area (Å²) in [6.07, 6.45) is 1.05. The fourth-order valence-electron chi connectivity index (χ4n) is 2.54. The summed E-state index contributed by atoms with van der Waals surface area (Å²) >= 11 is 5.96. The number of nitrogens with two attached hydrogens (primary N) is 1. The number of aromatic nitrogens is 6. The number of imidazole rings is 1. The van der Waals surface area contributed by atoms with Gasteiger partial charge in [0.1, 0.15) is 6.33 Å². The Balaban J connectivity index is 1.81. The number of rotatable bonds is 3. The number of halogens is 4. The number of hydrogen-bond donors (Lipinski definition) is 1. The van der Waals surface area contributed by atoms with E-state index in [9.17, 15) is 13.2 Å². The zero-order valence-electron chi connectivity index (χ0n) is 14.5. The van der Waals surface area contributed by atoms with Gasteiger partial charge in [-0.3, -0.25) is 4.57 Å². The lowest BCUT2D eigenvalue weighted by Gasteiger charge is -2.11. The highest BCUT2D eigenvalue weighted by Gasteiger charge is 2.34. The van der Waals surface area contributed by atoms with E-state index in [1.165, 1.54) is 35.6 Å². The zero-order valence-corrected chi connectivity index (χ0v) is 15.2. The molecule has 0 spiro atoms. The third kappa shape index (κ3) is 4.02. The van der Waals surface area contributed by atoms with Gasteiger partial charge in [-0.1, -0.05) is 23.7 Å². The molecule has 0 saturated heterocycles. The highest BCUT2D eigenvalue weighted by atomic mass is 35.5. The van der Waals surface area contributed by atoms with Gasteiger partial charge >= 0.3 is 6.18 Å². The van der Waals surface area contributed by atoms with Crippen molar-refractivity contribution >= 4 is 17.5 Å². The van der Waals surface area contributed by atoms with Crippen LogP contribution < -0.4 is 5.73 Å². The number of benzene rings is 1. The summed E-state index contributed by atoms with van der Waals surface area (Å²) < 4.78 is 41.5. The van der Waals surface area contributed by atoms with E-state index < -0.39 is 11.9 Å². The Hall–Kier alpha value is -3.53. The predicted octanol–water partition coefficient (Wildman–Crippen LogP) is 4.04. The van der Waals surface area contributed by atoms with Gasteiger partial charge in [0.25, 0.3) is 0 Å². The van der Waals surface area contributed by atoms with Gasteiger partial charge in [0.2, 0.25) is 11.9 Å². The largest absolute Gasteiger partial charge is 0.433 e. The molecule has 0 amide bonds. The molecule has 0 radical (unpaired) electrons. The minimum Gasteiger partial charge on any atom is -0.368 e. The fourth-order valence-corrected chi connectivity index (χ4v) is 2.73. The standard InChI is InChI=1S/C18H11ClF3N7/c19-12-3-1-2-10(4-12)13-5-15(18(20,21)22)28-17(27-13)29-8-14(26-9-29)11-6-24-16(23)25-7-11/h1-9H,(H2,23,24,25). The second kappa shape index (κ2) is 7.13. The van der Waals surface area contributed by atoms with Gasteiger partial charge in [-0.15, -0.1) is 0 Å². The molecular formula is C18H11ClF3N7. The number of nitrogen functional groups attached to an aromatic ring is 1. The van der Waals surface area contributed by atoms with Crippen LogP contribution in [-0.4, -0.2) is 29.5 Å². The lowest BCUT2D eigenvalue weighted by molar-refractivity contribution is -0.141. The molecule has 3 aromatic heterocycles. The van der Waals surface area contributed by atoms with Crippen LogP contribution in [0.4, 0.5) is 19.1 Å². The Kier molecular flexibility index (Phi) is 4.63. The third-order valence-corrected chi connectivity index (χ3v) is 4.14. The van der Waals surface area contributed by atoms with E-state index in [0.29, 0.717) is 21.8 Å². The first kappa shape index (κ1) is 18.8. The predicted molar refractivity (Wildman–Crippen MR) is 100 cm³/mol. The minimum atomic E-state index is -4.65. The van der Waals surface area contributed by atoms with Crippen LogP contribution in [0.25, 0.3) is 28.5 Å². The molecule has 1 aromatic carbocycles. The van der Waals surface area contributed by atoms with Crippen molar-refractivity contribution < 1.29 is 13.2 Å². The molecule has 0 bridgehead atoms. The first-order chi connectivity index (χ1) is 13.8. The van der Waals surface area contributed by atoms with Crippen LogP contribution >= 0.6 is 11.6 Å². The van der Waals surface area contributed by atoms with Gasteiger partial charge < -0.3 is 5.73 Å². The maximum atomic E-state index is 13.4. The summed E-state index contributed by atoms with van der Waals surface area (Å²) in [5.74, 6) is -0.0922. The SMILES string of the molecule is Nc1ncc(-c2cn(-c3nc(-c4cccc(Cl)c4)cc(C(F)(F)F)n3)cn2)cn1. The van der Waals surface area contributed by atoms with Crippen molar-refractivity contribution in [1.29, 1.82) is 0 Å². The van der Waals surface area contributed by atoms with Gasteiger partial charge in [-0.25, -0.2) is 24.9 Å². The van der Waals surface area contributed by atoms with Gasteiger partial charge in [0.15, 0.2) is 5.69 Å². The molecule has 0 saturated carbocycles. The lowest BCUT2D eigenvalue weighted by atomic mass is 10.1. The Bertz CT molecular complexity index is 1170. The monoisotopic (exact) mass is 417 g/mol. The average Bonchev–Trinajstić information content (AvgIpc) is 3.18. The van der Waals surface area contributed by atoms with Gasteiger partial charge in [0.05, 0.1) is 11.4 Å². The molecule has 2 N–H and O–H groups in total. The molecular weight excluding hydrogens is 407 g/mol. The van der Waals surface area contributed by atoms with E-state index >= 15 is 0 Å². The van der Waals surface area contributed by atoms with E-state index in [-0.39, 0.29) is 17.6 Å². The molecule has 146 valence electrons. The second-order valence-electron chi connectivity index (χ2n) is 5.94. The number of anilines is 1. The first-order valence-corrected chi connectivity index (χ1v) is 8.52. The Morgan fingerprint density at radius 2 is 1.69 bits per heavy atom. The van der Waals surface area contributed by atoms with Crippen LogP contribution in [0, 0.1) is 0 Å². The van der Waals surface area contributed by atoms with E-state index in [1.807, 2.05) is 0 Å². The summed E-state index contributed by atoms with van der Waals surface area (Å²) in [5, 5.41) is 0.379. The number of nitrogens with zero attached hydrogens (tertiary/aromatic N) is 6. The smallest absolute Gasteiger partial charge is 0.368 e. The van der Waals surface area contributed by atoms with Crippen LogP contribution in [0.15, 0.2) is 55.2 Å². The van der Waals surface area contributed by atoms with Crippen LogP contribution in [0.2, 0.25) is 5.02 Å². The quantitative estimate of drug-likeness (QED) is 0.540. The Morgan fingerprint density at radius 1 is 0.931 bits per heavy atom. The third-order valence-electron chi connectivity index (χ3n) is 3.91. The van der Waals surface area contributed by atoms with Crippen molar-refractivity contribution in [2.24, 2.45) is 0 Å². The molecule has 7 nitrogen and oxygen atoms in total. The molecule has 0 aliphatic heterocycles. The van der Waals surface area contributed by atoms with E-state index in [4.69, 9.17) is 17.3 Å². The topological polar surface area (TPSA) is 95.4 Å². The van der Waals surface area contributed by atoms with Crippen molar-refractivity contribution in [3.05, 3.63) is 66.0 Å². The average molecular weight is 418 g/mol.